The van der Waals surface area contributed by atoms with E-state index < -0.39 is 0 Å². The summed E-state index contributed by atoms with van der Waals surface area (Å²) in [4.78, 5) is 2.46. The van der Waals surface area contributed by atoms with Gasteiger partial charge in [0.1, 0.15) is 11.2 Å². The van der Waals surface area contributed by atoms with E-state index in [1.165, 1.54) is 64.3 Å². The molecule has 11 aromatic rings. The summed E-state index contributed by atoms with van der Waals surface area (Å²) in [6.45, 7) is 0.659. The second-order valence-electron chi connectivity index (χ2n) is 14.5. The van der Waals surface area contributed by atoms with Gasteiger partial charge in [-0.05, 0) is 92.7 Å². The highest BCUT2D eigenvalue weighted by atomic mass is 32.1. The van der Waals surface area contributed by atoms with E-state index in [0.29, 0.717) is 6.54 Å². The van der Waals surface area contributed by atoms with Gasteiger partial charge in [-0.2, -0.15) is 0 Å². The predicted octanol–water partition coefficient (Wildman–Crippen LogP) is 15.4. The van der Waals surface area contributed by atoms with Crippen LogP contribution in [0.5, 0.6) is 0 Å². The molecule has 9 aromatic carbocycles. The summed E-state index contributed by atoms with van der Waals surface area (Å²) in [6.07, 6.45) is 0. The third-order valence-corrected chi connectivity index (χ3v) is 12.3. The van der Waals surface area contributed by atoms with E-state index in [1.54, 1.807) is 0 Å². The van der Waals surface area contributed by atoms with Gasteiger partial charge in [0.2, 0.25) is 0 Å². The van der Waals surface area contributed by atoms with E-state index in [-0.39, 0.29) is 0 Å². The molecule has 0 aliphatic heterocycles. The van der Waals surface area contributed by atoms with Crippen molar-refractivity contribution in [3.8, 4) is 33.4 Å². The van der Waals surface area contributed by atoms with Gasteiger partial charge in [0.25, 0.3) is 0 Å². The minimum Gasteiger partial charge on any atom is -0.455 e. The fraction of sp³-hybridized carbons (Fsp3) is 0.0189. The molecular weight excluding hydrogens is 699 g/mol. The van der Waals surface area contributed by atoms with Crippen molar-refractivity contribution in [3.63, 3.8) is 0 Å². The fourth-order valence-corrected chi connectivity index (χ4v) is 9.51. The number of para-hydroxylation sites is 2. The van der Waals surface area contributed by atoms with Gasteiger partial charge in [0, 0.05) is 54.4 Å². The number of rotatable bonds is 7. The van der Waals surface area contributed by atoms with Crippen LogP contribution >= 0.6 is 11.3 Å². The third kappa shape index (κ3) is 5.64. The minimum atomic E-state index is 0.659. The molecule has 0 aliphatic rings. The maximum absolute atomic E-state index is 6.56. The predicted molar refractivity (Wildman–Crippen MR) is 239 cm³/mol. The average molecular weight is 734 g/mol. The Labute approximate surface area is 329 Å². The Morgan fingerprint density at radius 3 is 1.86 bits per heavy atom. The maximum atomic E-state index is 6.56. The van der Waals surface area contributed by atoms with Crippen LogP contribution < -0.4 is 4.90 Å². The van der Waals surface area contributed by atoms with Crippen molar-refractivity contribution in [3.05, 3.63) is 206 Å². The molecule has 0 atom stereocenters. The Morgan fingerprint density at radius 2 is 1.00 bits per heavy atom. The van der Waals surface area contributed by atoms with Crippen molar-refractivity contribution in [1.82, 2.24) is 0 Å². The minimum absolute atomic E-state index is 0.659. The SMILES string of the molecule is c1cc(-c2ccc3ccccc3c2)cc(N(Cc2ccccc2-c2cccc3c2oc2ccccc23)c2cccc(-c3ccc4c(c3)sc3ccccc34)c2)c1. The summed E-state index contributed by atoms with van der Waals surface area (Å²) >= 11 is 1.86. The first kappa shape index (κ1) is 32.5. The van der Waals surface area contributed by atoms with Crippen molar-refractivity contribution in [2.75, 3.05) is 4.90 Å². The summed E-state index contributed by atoms with van der Waals surface area (Å²) in [5.74, 6) is 0. The summed E-state index contributed by atoms with van der Waals surface area (Å²) in [5, 5.41) is 7.40. The van der Waals surface area contributed by atoms with Gasteiger partial charge < -0.3 is 9.32 Å². The van der Waals surface area contributed by atoms with E-state index in [4.69, 9.17) is 4.42 Å². The monoisotopic (exact) mass is 733 g/mol. The summed E-state index contributed by atoms with van der Waals surface area (Å²) in [6, 6.07) is 72.6. The zero-order chi connectivity index (χ0) is 37.0. The van der Waals surface area contributed by atoms with Crippen LogP contribution in [0.4, 0.5) is 11.4 Å². The highest BCUT2D eigenvalue weighted by Gasteiger charge is 2.19. The number of fused-ring (bicyclic) bond motifs is 7. The molecule has 11 rings (SSSR count). The molecule has 2 nitrogen and oxygen atoms in total. The van der Waals surface area contributed by atoms with Gasteiger partial charge in [0.15, 0.2) is 0 Å². The van der Waals surface area contributed by atoms with Crippen LogP contribution in [0.3, 0.4) is 0 Å². The largest absolute Gasteiger partial charge is 0.455 e. The molecule has 2 aromatic heterocycles. The second-order valence-corrected chi connectivity index (χ2v) is 15.6. The zero-order valence-electron chi connectivity index (χ0n) is 30.5. The number of nitrogens with zero attached hydrogens (tertiary/aromatic N) is 1. The van der Waals surface area contributed by atoms with Crippen LogP contribution in [0, 0.1) is 0 Å². The molecule has 0 unspecified atom stereocenters. The Hall–Kier alpha value is -6.94. The van der Waals surface area contributed by atoms with Gasteiger partial charge in [-0.15, -0.1) is 11.3 Å². The first-order valence-electron chi connectivity index (χ1n) is 19.1. The van der Waals surface area contributed by atoms with Gasteiger partial charge in [-0.1, -0.05) is 152 Å². The van der Waals surface area contributed by atoms with Crippen molar-refractivity contribution in [1.29, 1.82) is 0 Å². The third-order valence-electron chi connectivity index (χ3n) is 11.2. The number of hydrogen-bond donors (Lipinski definition) is 0. The molecule has 0 bridgehead atoms. The van der Waals surface area contributed by atoms with Crippen LogP contribution in [0.25, 0.3) is 86.3 Å². The zero-order valence-corrected chi connectivity index (χ0v) is 31.3. The Morgan fingerprint density at radius 1 is 0.393 bits per heavy atom. The Balaban J connectivity index is 1.05. The quantitative estimate of drug-likeness (QED) is 0.162. The summed E-state index contributed by atoms with van der Waals surface area (Å²) < 4.78 is 9.19. The summed E-state index contributed by atoms with van der Waals surface area (Å²) in [7, 11) is 0. The van der Waals surface area contributed by atoms with E-state index in [0.717, 1.165) is 38.9 Å². The smallest absolute Gasteiger partial charge is 0.143 e. The molecule has 3 heteroatoms. The molecular formula is C53H35NOS. The van der Waals surface area contributed by atoms with Crippen molar-refractivity contribution in [2.45, 2.75) is 6.54 Å². The lowest BCUT2D eigenvalue weighted by Gasteiger charge is -2.27. The molecule has 0 saturated heterocycles. The molecule has 264 valence electrons. The fourth-order valence-electron chi connectivity index (χ4n) is 8.36. The van der Waals surface area contributed by atoms with Crippen LogP contribution in [0.2, 0.25) is 0 Å². The van der Waals surface area contributed by atoms with Crippen molar-refractivity contribution < 1.29 is 4.42 Å². The number of anilines is 2. The van der Waals surface area contributed by atoms with Gasteiger partial charge in [-0.25, -0.2) is 0 Å². The number of furan rings is 1. The molecule has 0 spiro atoms. The lowest BCUT2D eigenvalue weighted by molar-refractivity contribution is 0.670. The molecule has 0 aliphatic carbocycles. The average Bonchev–Trinajstić information content (AvgIpc) is 3.84. The second kappa shape index (κ2) is 13.4. The number of benzene rings is 9. The first-order chi connectivity index (χ1) is 27.7. The molecule has 0 radical (unpaired) electrons. The number of hydrogen-bond acceptors (Lipinski definition) is 3. The van der Waals surface area contributed by atoms with Crippen LogP contribution in [0.15, 0.2) is 205 Å². The number of thiophene rings is 1. The lowest BCUT2D eigenvalue weighted by atomic mass is 9.96. The van der Waals surface area contributed by atoms with E-state index in [9.17, 15) is 0 Å². The van der Waals surface area contributed by atoms with Crippen molar-refractivity contribution in [2.24, 2.45) is 0 Å². The van der Waals surface area contributed by atoms with Gasteiger partial charge in [0.05, 0.1) is 0 Å². The molecule has 0 amide bonds. The normalized spacial score (nSPS) is 11.6. The molecule has 0 saturated carbocycles. The molecule has 0 N–H and O–H groups in total. The maximum Gasteiger partial charge on any atom is 0.143 e. The Kier molecular flexibility index (Phi) is 7.78. The highest BCUT2D eigenvalue weighted by Crippen LogP contribution is 2.41. The van der Waals surface area contributed by atoms with Crippen LogP contribution in [0.1, 0.15) is 5.56 Å². The van der Waals surface area contributed by atoms with Crippen LogP contribution in [-0.4, -0.2) is 0 Å². The van der Waals surface area contributed by atoms with Gasteiger partial charge >= 0.3 is 0 Å². The highest BCUT2D eigenvalue weighted by molar-refractivity contribution is 7.25. The lowest BCUT2D eigenvalue weighted by Crippen LogP contribution is -2.17. The topological polar surface area (TPSA) is 16.4 Å². The molecule has 2 heterocycles. The Bertz CT molecular complexity index is 3260. The van der Waals surface area contributed by atoms with E-state index >= 15 is 0 Å². The molecule has 56 heavy (non-hydrogen) atoms. The van der Waals surface area contributed by atoms with E-state index in [2.05, 4.69) is 199 Å². The van der Waals surface area contributed by atoms with Crippen LogP contribution in [-0.2, 0) is 6.54 Å². The van der Waals surface area contributed by atoms with Gasteiger partial charge in [-0.3, -0.25) is 0 Å². The van der Waals surface area contributed by atoms with Crippen molar-refractivity contribution >= 4 is 75.6 Å². The van der Waals surface area contributed by atoms with E-state index in [1.807, 2.05) is 17.4 Å². The summed E-state index contributed by atoms with van der Waals surface area (Å²) in [5.41, 5.74) is 12.4. The first-order valence-corrected chi connectivity index (χ1v) is 19.9. The standard InChI is InChI=1S/C53H35NOS/c1-2-13-36-30-39(27-26-35(36)12-1)37-15-9-17-42(31-37)54(43-18-10-16-38(32-43)40-28-29-47-46-21-6-8-25-51(46)56-52(47)33-40)34-41-14-3-4-19-44(41)48-22-11-23-49-45-20-5-7-24-50(45)55-53(48)49/h1-33H,34H2. The molecule has 0 fully saturated rings.